The predicted molar refractivity (Wildman–Crippen MR) is 73.5 cm³/mol. The minimum absolute atomic E-state index is 0.0896. The zero-order chi connectivity index (χ0) is 15.9. The molecule has 1 aliphatic rings. The predicted octanol–water partition coefficient (Wildman–Crippen LogP) is 1.50. The zero-order valence-electron chi connectivity index (χ0n) is 11.8. The van der Waals surface area contributed by atoms with Crippen molar-refractivity contribution in [2.24, 2.45) is 0 Å². The van der Waals surface area contributed by atoms with Crippen LogP contribution in [0, 0.1) is 18.6 Å². The van der Waals surface area contributed by atoms with Crippen molar-refractivity contribution in [1.29, 1.82) is 0 Å². The van der Waals surface area contributed by atoms with E-state index in [1.165, 1.54) is 4.31 Å². The van der Waals surface area contributed by atoms with Crippen LogP contribution in [0.3, 0.4) is 0 Å². The van der Waals surface area contributed by atoms with E-state index in [0.29, 0.717) is 18.3 Å². The summed E-state index contributed by atoms with van der Waals surface area (Å²) < 4.78 is 54.7. The first-order valence-corrected chi connectivity index (χ1v) is 8.15. The summed E-state index contributed by atoms with van der Waals surface area (Å²) in [5.41, 5.74) is 0. The van der Waals surface area contributed by atoms with Gasteiger partial charge in [0.2, 0.25) is 10.0 Å². The normalized spacial score (nSPS) is 19.7. The van der Waals surface area contributed by atoms with Crippen molar-refractivity contribution in [2.75, 3.05) is 13.1 Å². The lowest BCUT2D eigenvalue weighted by Crippen LogP contribution is -2.30. The van der Waals surface area contributed by atoms with Gasteiger partial charge < -0.3 is 4.57 Å². The second-order valence-corrected chi connectivity index (χ2v) is 7.07. The Morgan fingerprint density at radius 3 is 2.73 bits per heavy atom. The van der Waals surface area contributed by atoms with Gasteiger partial charge in [-0.1, -0.05) is 0 Å². The number of rotatable bonds is 3. The van der Waals surface area contributed by atoms with E-state index >= 15 is 0 Å². The molecule has 0 amide bonds. The number of halogens is 2. The molecule has 0 radical (unpaired) electrons. The Bertz CT molecular complexity index is 806. The summed E-state index contributed by atoms with van der Waals surface area (Å²) in [6.45, 7) is 2.25. The zero-order valence-corrected chi connectivity index (χ0v) is 12.6. The highest BCUT2D eigenvalue weighted by Gasteiger charge is 2.35. The summed E-state index contributed by atoms with van der Waals surface area (Å²) in [4.78, 5) is -0.505. The largest absolute Gasteiger partial charge is 0.313 e. The van der Waals surface area contributed by atoms with Gasteiger partial charge >= 0.3 is 0 Å². The molecule has 1 aromatic heterocycles. The molecular weight excluding hydrogens is 314 g/mol. The van der Waals surface area contributed by atoms with Crippen LogP contribution < -0.4 is 0 Å². The molecular formula is C13H14F2N4O2S. The van der Waals surface area contributed by atoms with Crippen molar-refractivity contribution < 1.29 is 17.2 Å². The molecule has 1 fully saturated rings. The molecule has 0 aliphatic carbocycles. The van der Waals surface area contributed by atoms with Crippen LogP contribution >= 0.6 is 0 Å². The molecule has 2 heterocycles. The maximum Gasteiger partial charge on any atom is 0.246 e. The van der Waals surface area contributed by atoms with Crippen LogP contribution in [0.1, 0.15) is 18.3 Å². The summed E-state index contributed by atoms with van der Waals surface area (Å²) in [5, 5.41) is 7.65. The third kappa shape index (κ3) is 2.50. The van der Waals surface area contributed by atoms with E-state index in [2.05, 4.69) is 10.2 Å². The van der Waals surface area contributed by atoms with Gasteiger partial charge in [0.25, 0.3) is 0 Å². The van der Waals surface area contributed by atoms with Crippen LogP contribution in [0.5, 0.6) is 0 Å². The molecule has 1 aliphatic heterocycles. The third-order valence-corrected chi connectivity index (χ3v) is 5.68. The van der Waals surface area contributed by atoms with E-state index in [4.69, 9.17) is 0 Å². The lowest BCUT2D eigenvalue weighted by Gasteiger charge is -2.17. The molecule has 6 nitrogen and oxygen atoms in total. The summed E-state index contributed by atoms with van der Waals surface area (Å²) >= 11 is 0. The fourth-order valence-corrected chi connectivity index (χ4v) is 4.18. The lowest BCUT2D eigenvalue weighted by atomic mass is 10.2. The highest BCUT2D eigenvalue weighted by atomic mass is 32.2. The van der Waals surface area contributed by atoms with Crippen molar-refractivity contribution in [2.45, 2.75) is 24.3 Å². The Labute approximate surface area is 126 Å². The first-order valence-electron chi connectivity index (χ1n) is 6.71. The van der Waals surface area contributed by atoms with Crippen LogP contribution in [0.15, 0.2) is 29.4 Å². The molecule has 0 saturated carbocycles. The monoisotopic (exact) mass is 328 g/mol. The van der Waals surface area contributed by atoms with Gasteiger partial charge in [0, 0.05) is 19.2 Å². The Hall–Kier alpha value is -1.87. The van der Waals surface area contributed by atoms with Crippen molar-refractivity contribution in [3.63, 3.8) is 0 Å². The Morgan fingerprint density at radius 1 is 1.32 bits per heavy atom. The van der Waals surface area contributed by atoms with Crippen LogP contribution in [0.25, 0.3) is 0 Å². The number of aromatic nitrogens is 3. The summed E-state index contributed by atoms with van der Waals surface area (Å²) in [5.74, 6) is -1.20. The molecule has 3 rings (SSSR count). The van der Waals surface area contributed by atoms with E-state index in [0.717, 1.165) is 12.1 Å². The number of aryl methyl sites for hydroxylation is 1. The van der Waals surface area contributed by atoms with Crippen molar-refractivity contribution in [3.8, 4) is 0 Å². The molecule has 1 saturated heterocycles. The van der Waals surface area contributed by atoms with Crippen LogP contribution in [-0.2, 0) is 10.0 Å². The number of sulfonamides is 1. The van der Waals surface area contributed by atoms with Gasteiger partial charge in [-0.05, 0) is 25.5 Å². The average Bonchev–Trinajstić information content (AvgIpc) is 3.06. The maximum absolute atomic E-state index is 13.8. The Balaban J connectivity index is 1.87. The second-order valence-electron chi connectivity index (χ2n) is 5.17. The van der Waals surface area contributed by atoms with E-state index in [1.807, 2.05) is 0 Å². The van der Waals surface area contributed by atoms with E-state index in [9.17, 15) is 17.2 Å². The fourth-order valence-electron chi connectivity index (χ4n) is 2.64. The van der Waals surface area contributed by atoms with Crippen LogP contribution in [0.2, 0.25) is 0 Å². The van der Waals surface area contributed by atoms with Crippen molar-refractivity contribution >= 4 is 10.0 Å². The molecule has 0 spiro atoms. The molecule has 22 heavy (non-hydrogen) atoms. The molecule has 9 heteroatoms. The quantitative estimate of drug-likeness (QED) is 0.856. The average molecular weight is 328 g/mol. The van der Waals surface area contributed by atoms with Crippen molar-refractivity contribution in [3.05, 3.63) is 42.0 Å². The SMILES string of the molecule is Cc1nncn1C1CCN(S(=O)(=O)c2ccc(F)cc2F)C1. The highest BCUT2D eigenvalue weighted by Crippen LogP contribution is 2.29. The molecule has 0 bridgehead atoms. The van der Waals surface area contributed by atoms with Gasteiger partial charge in [0.05, 0.1) is 6.04 Å². The molecule has 1 unspecified atom stereocenters. The van der Waals surface area contributed by atoms with Crippen LogP contribution in [0.4, 0.5) is 8.78 Å². The van der Waals surface area contributed by atoms with Crippen LogP contribution in [-0.4, -0.2) is 40.6 Å². The fraction of sp³-hybridized carbons (Fsp3) is 0.385. The summed E-state index contributed by atoms with van der Waals surface area (Å²) in [6, 6.07) is 2.38. The van der Waals surface area contributed by atoms with Gasteiger partial charge in [-0.25, -0.2) is 17.2 Å². The first kappa shape index (κ1) is 15.0. The second kappa shape index (κ2) is 5.40. The number of nitrogens with zero attached hydrogens (tertiary/aromatic N) is 4. The van der Waals surface area contributed by atoms with Gasteiger partial charge in [-0.3, -0.25) is 0 Å². The van der Waals surface area contributed by atoms with Gasteiger partial charge in [0.15, 0.2) is 0 Å². The molecule has 118 valence electrons. The van der Waals surface area contributed by atoms with Gasteiger partial charge in [-0.2, -0.15) is 4.31 Å². The minimum Gasteiger partial charge on any atom is -0.313 e. The van der Waals surface area contributed by atoms with Gasteiger partial charge in [-0.15, -0.1) is 10.2 Å². The van der Waals surface area contributed by atoms with E-state index in [-0.39, 0.29) is 19.1 Å². The standard InChI is InChI=1S/C13H14F2N4O2S/c1-9-17-16-8-19(9)11-4-5-18(7-11)22(20,21)13-3-2-10(14)6-12(13)15/h2-3,6,8,11H,4-5,7H2,1H3. The number of benzene rings is 1. The van der Waals surface area contributed by atoms with E-state index in [1.54, 1.807) is 17.8 Å². The third-order valence-electron chi connectivity index (χ3n) is 3.78. The van der Waals surface area contributed by atoms with Crippen molar-refractivity contribution in [1.82, 2.24) is 19.1 Å². The molecule has 0 N–H and O–H groups in total. The molecule has 1 aromatic carbocycles. The summed E-state index contributed by atoms with van der Waals surface area (Å²) in [7, 11) is -3.99. The minimum atomic E-state index is -3.99. The smallest absolute Gasteiger partial charge is 0.246 e. The number of hydrogen-bond acceptors (Lipinski definition) is 4. The molecule has 1 atom stereocenters. The van der Waals surface area contributed by atoms with E-state index < -0.39 is 26.6 Å². The first-order chi connectivity index (χ1) is 10.4. The Morgan fingerprint density at radius 2 is 2.09 bits per heavy atom. The highest BCUT2D eigenvalue weighted by molar-refractivity contribution is 7.89. The summed E-state index contributed by atoms with van der Waals surface area (Å²) in [6.07, 6.45) is 2.13. The Kier molecular flexibility index (Phi) is 3.69. The molecule has 2 aromatic rings. The maximum atomic E-state index is 13.8. The topological polar surface area (TPSA) is 68.1 Å². The van der Waals surface area contributed by atoms with Gasteiger partial charge in [0.1, 0.15) is 28.7 Å². The lowest BCUT2D eigenvalue weighted by molar-refractivity contribution is 0.443. The number of hydrogen-bond donors (Lipinski definition) is 0.